The van der Waals surface area contributed by atoms with Crippen LogP contribution in [0.4, 0.5) is 0 Å². The Hall–Kier alpha value is -1.10. The van der Waals surface area contributed by atoms with Gasteiger partial charge < -0.3 is 0 Å². The monoisotopic (exact) mass is 482 g/mol. The van der Waals surface area contributed by atoms with Crippen molar-refractivity contribution in [2.45, 2.75) is 168 Å². The zero-order chi connectivity index (χ0) is 24.9. The SMILES string of the molecule is CCCCCCCCCC(=O)O[N+](CCC)(OC(=O)CCCCCCCCC)C1CCCCC1. The number of carbonyl (C=O) groups is 2. The Kier molecular flexibility index (Phi) is 18.3. The molecule has 0 aromatic carbocycles. The summed E-state index contributed by atoms with van der Waals surface area (Å²) in [5.74, 6) is -0.424. The van der Waals surface area contributed by atoms with Gasteiger partial charge in [-0.3, -0.25) is 0 Å². The van der Waals surface area contributed by atoms with Gasteiger partial charge >= 0.3 is 11.9 Å². The maximum Gasteiger partial charge on any atom is 0.372 e. The van der Waals surface area contributed by atoms with Gasteiger partial charge in [-0.15, -0.1) is 0 Å². The summed E-state index contributed by atoms with van der Waals surface area (Å²) in [7, 11) is 0. The highest BCUT2D eigenvalue weighted by Crippen LogP contribution is 2.31. The van der Waals surface area contributed by atoms with Crippen molar-refractivity contribution in [2.75, 3.05) is 6.54 Å². The fraction of sp³-hybridized carbons (Fsp3) is 0.931. The summed E-state index contributed by atoms with van der Waals surface area (Å²) >= 11 is 0. The number of nitrogens with zero attached hydrogens (tertiary/aromatic N) is 1. The van der Waals surface area contributed by atoms with Gasteiger partial charge in [-0.05, 0) is 25.7 Å². The lowest BCUT2D eigenvalue weighted by Crippen LogP contribution is -2.58. The summed E-state index contributed by atoms with van der Waals surface area (Å²) in [5.41, 5.74) is 0. The second kappa shape index (κ2) is 20.1. The Balaban J connectivity index is 2.58. The Morgan fingerprint density at radius 3 is 1.41 bits per heavy atom. The van der Waals surface area contributed by atoms with Crippen LogP contribution in [0.2, 0.25) is 0 Å². The quantitative estimate of drug-likeness (QED) is 0.0932. The van der Waals surface area contributed by atoms with Crippen LogP contribution in [-0.4, -0.2) is 29.3 Å². The predicted molar refractivity (Wildman–Crippen MR) is 140 cm³/mol. The Morgan fingerprint density at radius 2 is 1.00 bits per heavy atom. The van der Waals surface area contributed by atoms with Crippen molar-refractivity contribution in [1.82, 2.24) is 0 Å². The number of unbranched alkanes of at least 4 members (excludes halogenated alkanes) is 12. The standard InChI is InChI=1S/C29H56NO4/c1-4-7-9-11-13-15-20-24-28(31)33-30(26-6-3,27-22-18-17-19-23-27)34-29(32)25-21-16-14-12-10-8-5-2/h27H,4-26H2,1-3H3/q+1. The third kappa shape index (κ3) is 13.7. The first kappa shape index (κ1) is 30.9. The number of hydrogen-bond acceptors (Lipinski definition) is 4. The maximum atomic E-state index is 12.8. The first-order valence-electron chi connectivity index (χ1n) is 14.9. The second-order valence-corrected chi connectivity index (χ2v) is 10.4. The number of carbonyl (C=O) groups excluding carboxylic acids is 2. The number of hydrogen-bond donors (Lipinski definition) is 0. The van der Waals surface area contributed by atoms with Gasteiger partial charge in [-0.1, -0.05) is 104 Å². The largest absolute Gasteiger partial charge is 0.372 e. The minimum Gasteiger partial charge on any atom is -0.245 e. The summed E-state index contributed by atoms with van der Waals surface area (Å²) in [5, 5.41) is 0. The highest BCUT2D eigenvalue weighted by Gasteiger charge is 2.47. The Morgan fingerprint density at radius 1 is 0.588 bits per heavy atom. The van der Waals surface area contributed by atoms with Crippen LogP contribution in [0.1, 0.15) is 162 Å². The molecule has 200 valence electrons. The molecular weight excluding hydrogens is 426 g/mol. The average Bonchev–Trinajstić information content (AvgIpc) is 2.83. The van der Waals surface area contributed by atoms with Crippen molar-refractivity contribution in [2.24, 2.45) is 0 Å². The number of rotatable bonds is 21. The van der Waals surface area contributed by atoms with Crippen LogP contribution in [0.25, 0.3) is 0 Å². The molecule has 0 atom stereocenters. The summed E-state index contributed by atoms with van der Waals surface area (Å²) in [4.78, 5) is 37.6. The zero-order valence-electron chi connectivity index (χ0n) is 22.9. The van der Waals surface area contributed by atoms with Gasteiger partial charge in [0, 0.05) is 24.1 Å². The predicted octanol–water partition coefficient (Wildman–Crippen LogP) is 8.74. The van der Waals surface area contributed by atoms with Crippen molar-refractivity contribution in [3.63, 3.8) is 0 Å². The van der Waals surface area contributed by atoms with E-state index in [2.05, 4.69) is 20.8 Å². The molecule has 1 fully saturated rings. The third-order valence-corrected chi connectivity index (χ3v) is 7.15. The number of quaternary nitrogens is 1. The van der Waals surface area contributed by atoms with Crippen molar-refractivity contribution < 1.29 is 24.1 Å². The van der Waals surface area contributed by atoms with Gasteiger partial charge in [0.25, 0.3) is 0 Å². The van der Waals surface area contributed by atoms with Crippen LogP contribution in [0.5, 0.6) is 0 Å². The molecule has 0 saturated heterocycles. The van der Waals surface area contributed by atoms with E-state index >= 15 is 0 Å². The molecule has 0 unspecified atom stereocenters. The molecule has 0 aromatic rings. The lowest BCUT2D eigenvalue weighted by molar-refractivity contribution is -1.24. The van der Waals surface area contributed by atoms with E-state index in [4.69, 9.17) is 9.68 Å². The molecule has 0 aromatic heterocycles. The van der Waals surface area contributed by atoms with Crippen molar-refractivity contribution in [3.8, 4) is 0 Å². The van der Waals surface area contributed by atoms with E-state index < -0.39 is 0 Å². The van der Waals surface area contributed by atoms with Gasteiger partial charge in [-0.2, -0.15) is 0 Å². The number of hydroxylamine groups is 4. The minimum absolute atomic E-state index is 0.0738. The first-order valence-corrected chi connectivity index (χ1v) is 14.9. The molecule has 0 amide bonds. The average molecular weight is 483 g/mol. The first-order chi connectivity index (χ1) is 16.6. The fourth-order valence-electron chi connectivity index (χ4n) is 5.12. The molecule has 0 radical (unpaired) electrons. The molecule has 0 spiro atoms. The Labute approximate surface area is 210 Å². The summed E-state index contributed by atoms with van der Waals surface area (Å²) in [6, 6.07) is 0.0738. The van der Waals surface area contributed by atoms with Crippen molar-refractivity contribution >= 4 is 11.9 Å². The molecule has 1 rings (SSSR count). The summed E-state index contributed by atoms with van der Waals surface area (Å²) in [6.07, 6.45) is 23.3. The van der Waals surface area contributed by atoms with Gasteiger partial charge in [0.15, 0.2) is 12.6 Å². The molecule has 0 bridgehead atoms. The smallest absolute Gasteiger partial charge is 0.245 e. The van der Waals surface area contributed by atoms with Crippen LogP contribution in [0, 0.1) is 0 Å². The van der Waals surface area contributed by atoms with Gasteiger partial charge in [0.1, 0.15) is 0 Å². The lowest BCUT2D eigenvalue weighted by atomic mass is 9.95. The molecule has 0 heterocycles. The van der Waals surface area contributed by atoms with E-state index in [-0.39, 0.29) is 22.8 Å². The van der Waals surface area contributed by atoms with Crippen LogP contribution < -0.4 is 0 Å². The topological polar surface area (TPSA) is 52.6 Å². The second-order valence-electron chi connectivity index (χ2n) is 10.4. The fourth-order valence-corrected chi connectivity index (χ4v) is 5.12. The molecule has 34 heavy (non-hydrogen) atoms. The van der Waals surface area contributed by atoms with E-state index in [9.17, 15) is 9.59 Å². The van der Waals surface area contributed by atoms with Crippen LogP contribution >= 0.6 is 0 Å². The molecule has 1 aliphatic rings. The highest BCUT2D eigenvalue weighted by molar-refractivity contribution is 5.69. The molecular formula is C29H56NO4+. The Bertz CT molecular complexity index is 484. The van der Waals surface area contributed by atoms with Crippen molar-refractivity contribution in [3.05, 3.63) is 0 Å². The lowest BCUT2D eigenvalue weighted by Gasteiger charge is -2.38. The van der Waals surface area contributed by atoms with E-state index in [1.54, 1.807) is 0 Å². The molecule has 0 aliphatic heterocycles. The van der Waals surface area contributed by atoms with Gasteiger partial charge in [-0.25, -0.2) is 19.3 Å². The van der Waals surface area contributed by atoms with E-state index in [0.29, 0.717) is 19.4 Å². The normalized spacial score (nSPS) is 14.8. The summed E-state index contributed by atoms with van der Waals surface area (Å²) in [6.45, 7) is 7.08. The van der Waals surface area contributed by atoms with Crippen molar-refractivity contribution in [1.29, 1.82) is 0 Å². The highest BCUT2D eigenvalue weighted by atomic mass is 17.0. The molecule has 1 aliphatic carbocycles. The molecule has 5 nitrogen and oxygen atoms in total. The zero-order valence-corrected chi connectivity index (χ0v) is 22.9. The molecule has 1 saturated carbocycles. The van der Waals surface area contributed by atoms with E-state index in [1.165, 1.54) is 70.6 Å². The maximum absolute atomic E-state index is 12.8. The van der Waals surface area contributed by atoms with E-state index in [0.717, 1.165) is 57.8 Å². The minimum atomic E-state index is -0.221. The molecule has 0 N–H and O–H groups in total. The molecule has 5 heteroatoms. The van der Waals surface area contributed by atoms with Crippen LogP contribution in [0.15, 0.2) is 0 Å². The van der Waals surface area contributed by atoms with Gasteiger partial charge in [0.2, 0.25) is 0 Å². The third-order valence-electron chi connectivity index (χ3n) is 7.15. The van der Waals surface area contributed by atoms with Crippen LogP contribution in [-0.2, 0) is 19.3 Å². The van der Waals surface area contributed by atoms with E-state index in [1.807, 2.05) is 0 Å². The van der Waals surface area contributed by atoms with Gasteiger partial charge in [0.05, 0.1) is 12.8 Å². The summed E-state index contributed by atoms with van der Waals surface area (Å²) < 4.78 is 0. The van der Waals surface area contributed by atoms with Crippen LogP contribution in [0.3, 0.4) is 0 Å².